The van der Waals surface area contributed by atoms with Crippen molar-refractivity contribution in [2.45, 2.75) is 56.5 Å². The van der Waals surface area contributed by atoms with Crippen LogP contribution in [0.25, 0.3) is 5.52 Å². The van der Waals surface area contributed by atoms with Crippen molar-refractivity contribution in [3.05, 3.63) is 65.7 Å². The van der Waals surface area contributed by atoms with Crippen molar-refractivity contribution >= 4 is 5.52 Å². The number of aromatic hydroxyl groups is 1. The van der Waals surface area contributed by atoms with E-state index >= 15 is 0 Å². The molecule has 0 aliphatic heterocycles. The molecule has 2 N–H and O–H groups in total. The molecule has 4 nitrogen and oxygen atoms in total. The van der Waals surface area contributed by atoms with E-state index in [4.69, 9.17) is 157 Å². The molecule has 0 radical (unpaired) electrons. The number of hydrogen-bond acceptors (Lipinski definition) is 3. The van der Waals surface area contributed by atoms with Gasteiger partial charge in [-0.25, -0.2) is 4.98 Å². The Labute approximate surface area is 323 Å². The number of fused-ring (bicyclic) bond motifs is 1. The van der Waals surface area contributed by atoms with Crippen molar-refractivity contribution in [3.63, 3.8) is 0 Å². The van der Waals surface area contributed by atoms with Crippen LogP contribution in [0.3, 0.4) is 0 Å². The molecule has 2 heterocycles. The lowest BCUT2D eigenvalue weighted by Crippen LogP contribution is -2.22. The molecule has 2 saturated carbocycles. The molecule has 2 fully saturated rings. The highest BCUT2D eigenvalue weighted by atomic mass is 16.3. The van der Waals surface area contributed by atoms with Gasteiger partial charge in [0.25, 0.3) is 0 Å². The zero-order valence-electron chi connectivity index (χ0n) is 121. The molecule has 27 heavy (non-hydrogen) atoms. The van der Waals surface area contributed by atoms with Crippen molar-refractivity contribution in [1.82, 2.24) is 9.38 Å². The normalized spacial score (nSPS) is 39.9. The Hall–Kier alpha value is -2.33. The molecule has 0 amide bonds. The van der Waals surface area contributed by atoms with Gasteiger partial charge in [-0.3, -0.25) is 0 Å². The van der Waals surface area contributed by atoms with Gasteiger partial charge in [0, 0.05) is 157 Å². The van der Waals surface area contributed by atoms with E-state index in [0.29, 0.717) is 23.5 Å². The first kappa shape index (κ1) is 2.07. The van der Waals surface area contributed by atoms with E-state index in [1.807, 2.05) is 24.7 Å². The summed E-state index contributed by atoms with van der Waals surface area (Å²) in [5.41, 5.74) is 4.75. The molecule has 2 aliphatic carbocycles. The number of phenols is 1. The van der Waals surface area contributed by atoms with E-state index in [-0.39, 0.29) is 0 Å². The molecule has 246 valence electrons. The molecule has 5 rings (SSSR count). The molecular weight excluding hydrogens is 336 g/mol. The second kappa shape index (κ2) is 6.68. The maximum absolute atomic E-state index is 11.3. The van der Waals surface area contributed by atoms with Crippen molar-refractivity contribution in [2.75, 3.05) is 0 Å². The molecule has 1 atom stereocenters. The van der Waals surface area contributed by atoms with Gasteiger partial charge >= 0.3 is 0 Å². The third-order valence-electron chi connectivity index (χ3n) is 6.54. The first-order chi connectivity index (χ1) is 66.2. The lowest BCUT2D eigenvalue weighted by molar-refractivity contribution is 0.0754. The molecule has 0 bridgehead atoms. The first-order valence-corrected chi connectivity index (χ1v) is 10.1. The predicted molar refractivity (Wildman–Crippen MR) is 217 cm³/mol. The summed E-state index contributed by atoms with van der Waals surface area (Å²) < 4.78 is 532. The Morgan fingerprint density at radius 1 is 0.963 bits per heavy atom. The van der Waals surface area contributed by atoms with Crippen LogP contribution in [0.5, 0.6) is 5.75 Å². The fourth-order valence-corrected chi connectivity index (χ4v) is 4.82. The average Bonchev–Trinajstić information content (AvgIpc) is 1.63. The average molecular weight is 576 g/mol. The van der Waals surface area contributed by atoms with Crippen LogP contribution in [0.1, 0.15) is 231 Å². The van der Waals surface area contributed by atoms with Gasteiger partial charge in [-0.2, -0.15) is 0 Å². The van der Waals surface area contributed by atoms with Crippen LogP contribution in [0.4, 0.5) is 0 Å². The third-order valence-corrected chi connectivity index (χ3v) is 6.54. The fraction of sp³-hybridized carbons (Fsp3) is 0.435. The second-order valence-electron chi connectivity index (χ2n) is 8.28. The quantitative estimate of drug-likeness (QED) is 0.325. The Bertz CT molecular complexity index is 1030. The SMILES string of the molecule is Oc1ccc(C2CCC(C(O)c3c(C4CC4)ccc4cncn34)CC2)cc1.[2H][2H].[2H][2H].[2H][2H].[2H][2H].[2H][2H].[2H][2H].[2H][2H].[2H][2H].[2H][2H].[2H][2H].[2H][2H].[2H][2H].[2H][2H].[2H][2H].[2H][2H].[2H][2H].[2H][2H].[2H][2H].[2H][2H].[2H][2H].[2H][2H].[2H][2H].[2H][2H].[2H][2H].[2H][2H].[2H][2H].[2H][2H].[2H][2H].[2H][2H].[2H][2H].[2H][2H].[2H][2H].[2H][2H].[2H][2H].[2H][2H].[2H][2H].[2H][2H].[2H][2H].[2H][2H].[2H][2H].[2H][2H].[2H][2H].[2H][2H].[2H][2H].[2H][2H].[2H][2H].[2H][2H].[2H][2H].[2H][2H].[2H][2H].[2H][2H].[2H][2H].[2H][2H]. The molecule has 3 aromatic rings. The van der Waals surface area contributed by atoms with E-state index in [1.54, 1.807) is 12.1 Å². The lowest BCUT2D eigenvalue weighted by atomic mass is 9.75. The van der Waals surface area contributed by atoms with Crippen molar-refractivity contribution < 1.29 is 168 Å². The van der Waals surface area contributed by atoms with Crippen LogP contribution >= 0.6 is 0 Å². The van der Waals surface area contributed by atoms with Crippen LogP contribution in [0.2, 0.25) is 0 Å². The van der Waals surface area contributed by atoms with E-state index in [1.165, 1.54) is 24.0 Å². The largest absolute Gasteiger partial charge is 0.508 e. The highest BCUT2D eigenvalue weighted by Gasteiger charge is 2.34. The molecule has 2 aromatic heterocycles. The van der Waals surface area contributed by atoms with Crippen LogP contribution in [0.15, 0.2) is 48.9 Å². The van der Waals surface area contributed by atoms with Gasteiger partial charge < -0.3 is 14.6 Å². The highest BCUT2D eigenvalue weighted by molar-refractivity contribution is 5.50. The van der Waals surface area contributed by atoms with Gasteiger partial charge in [0.1, 0.15) is 5.75 Å². The van der Waals surface area contributed by atoms with E-state index < -0.39 is 6.10 Å². The number of nitrogens with zero attached hydrogens (tertiary/aromatic N) is 2. The number of aliphatic hydroxyl groups excluding tert-OH is 1. The first-order valence-electron chi connectivity index (χ1n) is 63.1. The number of rotatable bonds is 4. The summed E-state index contributed by atoms with van der Waals surface area (Å²) in [4.78, 5) is 4.30. The second-order valence-corrected chi connectivity index (χ2v) is 8.28. The van der Waals surface area contributed by atoms with Gasteiger partial charge in [-0.1, -0.05) is 18.2 Å². The van der Waals surface area contributed by atoms with Gasteiger partial charge in [0.15, 0.2) is 0 Å². The number of hydrogen-bond donors (Lipinski definition) is 2. The number of aliphatic hydroxyl groups is 1. The number of imidazole rings is 1. The van der Waals surface area contributed by atoms with Gasteiger partial charge in [-0.05, 0) is 85.6 Å². The summed E-state index contributed by atoms with van der Waals surface area (Å²) in [7, 11) is 0. The molecule has 0 saturated heterocycles. The molecule has 4 heteroatoms. The van der Waals surface area contributed by atoms with E-state index in [2.05, 4.69) is 21.5 Å². The Balaban J connectivity index is -0.0000000125. The number of phenolic OH excluding ortho intramolecular Hbond substituents is 1. The summed E-state index contributed by atoms with van der Waals surface area (Å²) in [6.07, 6.45) is 9.98. The van der Waals surface area contributed by atoms with Crippen LogP contribution in [-0.2, 0) is 0 Å². The molecule has 1 aromatic carbocycles. The highest BCUT2D eigenvalue weighted by Crippen LogP contribution is 2.47. The Morgan fingerprint density at radius 2 is 1.67 bits per heavy atom. The predicted octanol–water partition coefficient (Wildman–Crippen LogP) is 18.0. The molecular formula is C23H132N2O2. The number of aromatic nitrogens is 2. The minimum absolute atomic E-state index is 0.295. The monoisotopic (exact) mass is 576 g/mol. The summed E-state index contributed by atoms with van der Waals surface area (Å²) >= 11 is 0. The maximum atomic E-state index is 11.3. The molecule has 2 aliphatic rings. The Kier molecular flexibility index (Phi) is 0.513. The third kappa shape index (κ3) is 3.12. The lowest BCUT2D eigenvalue weighted by Gasteiger charge is -2.33. The summed E-state index contributed by atoms with van der Waals surface area (Å²) in [5.74, 6) is 1.75. The standard InChI is InChI=1S/C23H26N2O2.53H2/c26-20-10-7-16(8-11-20)15-1-5-18(6-2-15)23(27)22-21(17-3-4-17)12-9-19-13-24-14-25(19)22;;;;;;;;;;;;;;;;;;;;;;;;;;;;;;;;;;;;;;;;;;;;;;;;;;;;;/h7-15,17-18,23,26-27H,1-6H2;53*1H/i;53*1+1D. The maximum Gasteiger partial charge on any atom is 0.115 e. The van der Waals surface area contributed by atoms with Crippen LogP contribution in [0, 0.1) is 5.92 Å². The summed E-state index contributed by atoms with van der Waals surface area (Å²) in [6.45, 7) is 0. The minimum Gasteiger partial charge on any atom is -0.508 e. The van der Waals surface area contributed by atoms with Crippen molar-refractivity contribution in [1.29, 1.82) is 0 Å². The van der Waals surface area contributed by atoms with Gasteiger partial charge in [0.2, 0.25) is 0 Å². The van der Waals surface area contributed by atoms with Gasteiger partial charge in [-0.15, -0.1) is 0 Å². The topological polar surface area (TPSA) is 57.8 Å². The molecule has 0 spiro atoms. The van der Waals surface area contributed by atoms with Gasteiger partial charge in [0.05, 0.1) is 29.8 Å². The zero-order chi connectivity index (χ0) is 124. The fourth-order valence-electron chi connectivity index (χ4n) is 4.82. The van der Waals surface area contributed by atoms with E-state index in [9.17, 15) is 10.2 Å². The number of benzene rings is 1. The smallest absolute Gasteiger partial charge is 0.115 e. The minimum atomic E-state index is -0.431. The van der Waals surface area contributed by atoms with E-state index in [0.717, 1.165) is 36.9 Å². The van der Waals surface area contributed by atoms with Crippen molar-refractivity contribution in [3.8, 4) is 5.75 Å². The summed E-state index contributed by atoms with van der Waals surface area (Å²) in [6, 6.07) is 12.0. The van der Waals surface area contributed by atoms with Crippen molar-refractivity contribution in [2.24, 2.45) is 5.92 Å². The number of pyridine rings is 1. The van der Waals surface area contributed by atoms with Crippen LogP contribution in [-0.4, -0.2) is 19.6 Å². The Morgan fingerprint density at radius 3 is 2.37 bits per heavy atom. The zero-order valence-corrected chi connectivity index (χ0v) is 15.5. The molecule has 1 unspecified atom stereocenters. The summed E-state index contributed by atoms with van der Waals surface area (Å²) in [5, 5.41) is 20.8. The van der Waals surface area contributed by atoms with Crippen LogP contribution < -0.4 is 0 Å².